The summed E-state index contributed by atoms with van der Waals surface area (Å²) in [6.45, 7) is 4.45. The number of aliphatic hydroxyl groups is 1. The van der Waals surface area contributed by atoms with Gasteiger partial charge in [-0.2, -0.15) is 0 Å². The zero-order chi connectivity index (χ0) is 12.1. The van der Waals surface area contributed by atoms with Gasteiger partial charge in [0, 0.05) is 51.2 Å². The van der Waals surface area contributed by atoms with Crippen LogP contribution in [-0.2, 0) is 6.54 Å². The standard InChI is InChI=1S/C13H21N3O/c1-15-7-8-16(13(11-15)4-9-17)10-12-2-5-14-6-3-12/h2-3,5-6,13,17H,4,7-11H2,1H3. The number of pyridine rings is 1. The second-order valence-corrected chi connectivity index (χ2v) is 4.75. The van der Waals surface area contributed by atoms with E-state index in [1.165, 1.54) is 5.56 Å². The minimum atomic E-state index is 0.269. The highest BCUT2D eigenvalue weighted by molar-refractivity contribution is 5.09. The van der Waals surface area contributed by atoms with Gasteiger partial charge in [-0.1, -0.05) is 0 Å². The summed E-state index contributed by atoms with van der Waals surface area (Å²) in [5.74, 6) is 0. The summed E-state index contributed by atoms with van der Waals surface area (Å²) < 4.78 is 0. The van der Waals surface area contributed by atoms with Crippen LogP contribution in [0.15, 0.2) is 24.5 Å². The second kappa shape index (κ2) is 6.10. The van der Waals surface area contributed by atoms with Crippen LogP contribution in [0, 0.1) is 0 Å². The lowest BCUT2D eigenvalue weighted by Crippen LogP contribution is -2.51. The van der Waals surface area contributed by atoms with Crippen LogP contribution in [-0.4, -0.2) is 59.2 Å². The fourth-order valence-corrected chi connectivity index (χ4v) is 2.40. The van der Waals surface area contributed by atoms with Crippen molar-refractivity contribution in [1.82, 2.24) is 14.8 Å². The molecule has 4 nitrogen and oxygen atoms in total. The Kier molecular flexibility index (Phi) is 4.48. The van der Waals surface area contributed by atoms with Crippen molar-refractivity contribution >= 4 is 0 Å². The van der Waals surface area contributed by atoms with Crippen molar-refractivity contribution in [2.75, 3.05) is 33.3 Å². The number of hydrogen-bond acceptors (Lipinski definition) is 4. The molecule has 1 aliphatic heterocycles. The molecule has 0 aliphatic carbocycles. The lowest BCUT2D eigenvalue weighted by Gasteiger charge is -2.40. The first-order valence-electron chi connectivity index (χ1n) is 6.22. The number of rotatable bonds is 4. The van der Waals surface area contributed by atoms with Crippen molar-refractivity contribution in [3.63, 3.8) is 0 Å². The zero-order valence-electron chi connectivity index (χ0n) is 10.4. The number of likely N-dealkylation sites (N-methyl/N-ethyl adjacent to an activating group) is 1. The Morgan fingerprint density at radius 1 is 1.35 bits per heavy atom. The first-order valence-corrected chi connectivity index (χ1v) is 6.22. The van der Waals surface area contributed by atoms with Gasteiger partial charge in [-0.25, -0.2) is 0 Å². The number of nitrogens with zero attached hydrogens (tertiary/aromatic N) is 3. The fraction of sp³-hybridized carbons (Fsp3) is 0.615. The van der Waals surface area contributed by atoms with E-state index in [9.17, 15) is 0 Å². The minimum Gasteiger partial charge on any atom is -0.396 e. The largest absolute Gasteiger partial charge is 0.396 e. The average Bonchev–Trinajstić information content (AvgIpc) is 2.34. The Labute approximate surface area is 103 Å². The molecule has 1 aromatic rings. The minimum absolute atomic E-state index is 0.269. The van der Waals surface area contributed by atoms with Crippen LogP contribution >= 0.6 is 0 Å². The van der Waals surface area contributed by atoms with Gasteiger partial charge in [-0.15, -0.1) is 0 Å². The molecule has 17 heavy (non-hydrogen) atoms. The normalized spacial score (nSPS) is 22.8. The SMILES string of the molecule is CN1CCN(Cc2ccncc2)C(CCO)C1. The Bertz CT molecular complexity index is 331. The summed E-state index contributed by atoms with van der Waals surface area (Å²) in [5.41, 5.74) is 1.30. The molecule has 1 saturated heterocycles. The molecule has 1 fully saturated rings. The molecule has 0 saturated carbocycles. The molecule has 1 aromatic heterocycles. The third-order valence-electron chi connectivity index (χ3n) is 3.41. The van der Waals surface area contributed by atoms with E-state index in [2.05, 4.69) is 34.0 Å². The van der Waals surface area contributed by atoms with Crippen molar-refractivity contribution in [3.8, 4) is 0 Å². The van der Waals surface area contributed by atoms with E-state index in [0.29, 0.717) is 6.04 Å². The molecule has 2 heterocycles. The molecular weight excluding hydrogens is 214 g/mol. The first kappa shape index (κ1) is 12.5. The fourth-order valence-electron chi connectivity index (χ4n) is 2.40. The molecule has 1 atom stereocenters. The summed E-state index contributed by atoms with van der Waals surface area (Å²) in [4.78, 5) is 8.84. The van der Waals surface area contributed by atoms with Gasteiger partial charge < -0.3 is 10.0 Å². The van der Waals surface area contributed by atoms with Crippen LogP contribution in [0.3, 0.4) is 0 Å². The molecule has 2 rings (SSSR count). The average molecular weight is 235 g/mol. The predicted octanol–water partition coefficient (Wildman–Crippen LogP) is 0.580. The second-order valence-electron chi connectivity index (χ2n) is 4.75. The lowest BCUT2D eigenvalue weighted by molar-refractivity contribution is 0.0667. The maximum atomic E-state index is 9.13. The van der Waals surface area contributed by atoms with Crippen molar-refractivity contribution in [3.05, 3.63) is 30.1 Å². The van der Waals surface area contributed by atoms with E-state index in [1.54, 1.807) is 0 Å². The number of aliphatic hydroxyl groups excluding tert-OH is 1. The molecule has 1 unspecified atom stereocenters. The van der Waals surface area contributed by atoms with Gasteiger partial charge in [0.2, 0.25) is 0 Å². The molecule has 1 N–H and O–H groups in total. The molecule has 0 aromatic carbocycles. The molecule has 0 bridgehead atoms. The smallest absolute Gasteiger partial charge is 0.0446 e. The lowest BCUT2D eigenvalue weighted by atomic mass is 10.1. The quantitative estimate of drug-likeness (QED) is 0.828. The summed E-state index contributed by atoms with van der Waals surface area (Å²) in [6.07, 6.45) is 4.54. The van der Waals surface area contributed by atoms with Gasteiger partial charge in [0.15, 0.2) is 0 Å². The van der Waals surface area contributed by atoms with Crippen LogP contribution in [0.4, 0.5) is 0 Å². The van der Waals surface area contributed by atoms with Gasteiger partial charge >= 0.3 is 0 Å². The van der Waals surface area contributed by atoms with Crippen LogP contribution in [0.5, 0.6) is 0 Å². The topological polar surface area (TPSA) is 39.6 Å². The molecule has 0 radical (unpaired) electrons. The van der Waals surface area contributed by atoms with E-state index < -0.39 is 0 Å². The Morgan fingerprint density at radius 2 is 2.12 bits per heavy atom. The Balaban J connectivity index is 1.98. The van der Waals surface area contributed by atoms with Crippen molar-refractivity contribution in [2.24, 2.45) is 0 Å². The van der Waals surface area contributed by atoms with Crippen LogP contribution in [0.2, 0.25) is 0 Å². The van der Waals surface area contributed by atoms with Crippen molar-refractivity contribution in [2.45, 2.75) is 19.0 Å². The molecule has 1 aliphatic rings. The summed E-state index contributed by atoms with van der Waals surface area (Å²) in [7, 11) is 2.15. The van der Waals surface area contributed by atoms with E-state index in [-0.39, 0.29) is 6.61 Å². The Morgan fingerprint density at radius 3 is 2.82 bits per heavy atom. The van der Waals surface area contributed by atoms with E-state index in [0.717, 1.165) is 32.6 Å². The number of aromatic nitrogens is 1. The third kappa shape index (κ3) is 3.49. The van der Waals surface area contributed by atoms with Gasteiger partial charge in [-0.3, -0.25) is 9.88 Å². The van der Waals surface area contributed by atoms with Crippen LogP contribution in [0.25, 0.3) is 0 Å². The summed E-state index contributed by atoms with van der Waals surface area (Å²) in [5, 5.41) is 9.13. The van der Waals surface area contributed by atoms with E-state index in [4.69, 9.17) is 5.11 Å². The summed E-state index contributed by atoms with van der Waals surface area (Å²) in [6, 6.07) is 4.59. The van der Waals surface area contributed by atoms with E-state index >= 15 is 0 Å². The highest BCUT2D eigenvalue weighted by Crippen LogP contribution is 2.15. The van der Waals surface area contributed by atoms with Gasteiger partial charge in [0.1, 0.15) is 0 Å². The maximum absolute atomic E-state index is 9.13. The summed E-state index contributed by atoms with van der Waals surface area (Å²) >= 11 is 0. The van der Waals surface area contributed by atoms with Crippen LogP contribution < -0.4 is 0 Å². The maximum Gasteiger partial charge on any atom is 0.0446 e. The van der Waals surface area contributed by atoms with Gasteiger partial charge in [0.25, 0.3) is 0 Å². The zero-order valence-corrected chi connectivity index (χ0v) is 10.4. The predicted molar refractivity (Wildman–Crippen MR) is 67.6 cm³/mol. The monoisotopic (exact) mass is 235 g/mol. The number of piperazine rings is 1. The van der Waals surface area contributed by atoms with Gasteiger partial charge in [-0.05, 0) is 31.2 Å². The molecule has 94 valence electrons. The van der Waals surface area contributed by atoms with Crippen LogP contribution in [0.1, 0.15) is 12.0 Å². The van der Waals surface area contributed by atoms with Crippen molar-refractivity contribution < 1.29 is 5.11 Å². The highest BCUT2D eigenvalue weighted by atomic mass is 16.3. The van der Waals surface area contributed by atoms with Gasteiger partial charge in [0.05, 0.1) is 0 Å². The van der Waals surface area contributed by atoms with E-state index in [1.807, 2.05) is 12.4 Å². The third-order valence-corrected chi connectivity index (χ3v) is 3.41. The van der Waals surface area contributed by atoms with Crippen molar-refractivity contribution in [1.29, 1.82) is 0 Å². The highest BCUT2D eigenvalue weighted by Gasteiger charge is 2.24. The first-order chi connectivity index (χ1) is 8.29. The molecular formula is C13H21N3O. The molecule has 0 amide bonds. The Hall–Kier alpha value is -0.970. The molecule has 0 spiro atoms. The number of hydrogen-bond donors (Lipinski definition) is 1. The molecule has 4 heteroatoms.